The Kier molecular flexibility index (Phi) is 6.13. The summed E-state index contributed by atoms with van der Waals surface area (Å²) in [6.07, 6.45) is 0.778. The van der Waals surface area contributed by atoms with E-state index in [1.165, 1.54) is 11.3 Å². The lowest BCUT2D eigenvalue weighted by atomic mass is 10.1. The summed E-state index contributed by atoms with van der Waals surface area (Å²) in [7, 11) is 3.22. The topological polar surface area (TPSA) is 93.7 Å². The third-order valence-corrected chi connectivity index (χ3v) is 5.93. The van der Waals surface area contributed by atoms with E-state index in [1.807, 2.05) is 36.4 Å². The fraction of sp³-hybridized carbons (Fsp3) is 0.273. The number of amides is 2. The molecule has 0 radical (unpaired) electrons. The zero-order valence-corrected chi connectivity index (χ0v) is 18.0. The molecule has 8 nitrogen and oxygen atoms in total. The third kappa shape index (κ3) is 4.83. The van der Waals surface area contributed by atoms with Gasteiger partial charge in [0.15, 0.2) is 0 Å². The van der Waals surface area contributed by atoms with Gasteiger partial charge in [0, 0.05) is 25.1 Å². The van der Waals surface area contributed by atoms with E-state index in [0.717, 1.165) is 22.0 Å². The molecule has 2 amide bonds. The standard InChI is InChI=1S/C22H22N4O4S/c1-29-17-7-3-14(4-8-17)11-19-24-25-22(31-19)23-21(28)15-12-20(27)26(13-15)16-5-9-18(30-2)10-6-16/h3-10,15H,11-13H2,1-2H3,(H,23,25,28)/t15-/m0/s1. The van der Waals surface area contributed by atoms with Crippen LogP contribution >= 0.6 is 11.3 Å². The van der Waals surface area contributed by atoms with E-state index in [2.05, 4.69) is 15.5 Å². The van der Waals surface area contributed by atoms with Gasteiger partial charge in [0.1, 0.15) is 16.5 Å². The van der Waals surface area contributed by atoms with Crippen LogP contribution in [0.3, 0.4) is 0 Å². The Morgan fingerprint density at radius 1 is 1.06 bits per heavy atom. The number of carbonyl (C=O) groups excluding carboxylic acids is 2. The predicted octanol–water partition coefficient (Wildman–Crippen LogP) is 3.14. The van der Waals surface area contributed by atoms with Crippen LogP contribution < -0.4 is 19.7 Å². The maximum absolute atomic E-state index is 12.7. The van der Waals surface area contributed by atoms with Crippen LogP contribution in [0.15, 0.2) is 48.5 Å². The monoisotopic (exact) mass is 438 g/mol. The number of methoxy groups -OCH3 is 2. The quantitative estimate of drug-likeness (QED) is 0.609. The summed E-state index contributed by atoms with van der Waals surface area (Å²) in [6.45, 7) is 0.328. The zero-order valence-electron chi connectivity index (χ0n) is 17.2. The number of aromatic nitrogens is 2. The Hall–Kier alpha value is -3.46. The predicted molar refractivity (Wildman–Crippen MR) is 118 cm³/mol. The van der Waals surface area contributed by atoms with E-state index in [4.69, 9.17) is 9.47 Å². The van der Waals surface area contributed by atoms with Crippen LogP contribution in [0.5, 0.6) is 11.5 Å². The normalized spacial score (nSPS) is 15.7. The van der Waals surface area contributed by atoms with E-state index in [9.17, 15) is 9.59 Å². The van der Waals surface area contributed by atoms with E-state index in [-0.39, 0.29) is 18.2 Å². The van der Waals surface area contributed by atoms with Crippen molar-refractivity contribution in [3.05, 3.63) is 59.1 Å². The molecule has 0 spiro atoms. The van der Waals surface area contributed by atoms with Gasteiger partial charge in [0.25, 0.3) is 0 Å². The molecule has 9 heteroatoms. The summed E-state index contributed by atoms with van der Waals surface area (Å²) in [5.41, 5.74) is 1.82. The number of hydrogen-bond acceptors (Lipinski definition) is 7. The van der Waals surface area contributed by atoms with Gasteiger partial charge in [0.2, 0.25) is 16.9 Å². The second-order valence-corrected chi connectivity index (χ2v) is 8.18. The molecule has 160 valence electrons. The van der Waals surface area contributed by atoms with Gasteiger partial charge in [-0.2, -0.15) is 0 Å². The van der Waals surface area contributed by atoms with Gasteiger partial charge >= 0.3 is 0 Å². The van der Waals surface area contributed by atoms with Crippen molar-refractivity contribution < 1.29 is 19.1 Å². The van der Waals surface area contributed by atoms with Gasteiger partial charge in [-0.15, -0.1) is 10.2 Å². The average Bonchev–Trinajstić information content (AvgIpc) is 3.40. The minimum atomic E-state index is -0.441. The van der Waals surface area contributed by atoms with Crippen molar-refractivity contribution in [3.63, 3.8) is 0 Å². The molecule has 1 N–H and O–H groups in total. The van der Waals surface area contributed by atoms with Crippen molar-refractivity contribution in [2.45, 2.75) is 12.8 Å². The number of nitrogens with one attached hydrogen (secondary N) is 1. The van der Waals surface area contributed by atoms with Gasteiger partial charge in [-0.3, -0.25) is 9.59 Å². The molecular formula is C22H22N4O4S. The number of rotatable bonds is 7. The molecule has 1 saturated heterocycles. The number of anilines is 2. The lowest BCUT2D eigenvalue weighted by Crippen LogP contribution is -2.28. The molecule has 1 atom stereocenters. The number of nitrogens with zero attached hydrogens (tertiary/aromatic N) is 3. The summed E-state index contributed by atoms with van der Waals surface area (Å²) < 4.78 is 10.3. The van der Waals surface area contributed by atoms with Crippen LogP contribution in [0.1, 0.15) is 17.0 Å². The molecule has 2 aromatic carbocycles. The van der Waals surface area contributed by atoms with Gasteiger partial charge in [-0.25, -0.2) is 0 Å². The van der Waals surface area contributed by atoms with Crippen LogP contribution in [-0.2, 0) is 16.0 Å². The minimum absolute atomic E-state index is 0.0808. The molecule has 0 bridgehead atoms. The maximum atomic E-state index is 12.7. The maximum Gasteiger partial charge on any atom is 0.231 e. The van der Waals surface area contributed by atoms with E-state index < -0.39 is 5.92 Å². The van der Waals surface area contributed by atoms with Crippen molar-refractivity contribution >= 4 is 34.0 Å². The molecule has 1 aliphatic heterocycles. The lowest BCUT2D eigenvalue weighted by molar-refractivity contribution is -0.122. The van der Waals surface area contributed by atoms with Crippen LogP contribution in [0.4, 0.5) is 10.8 Å². The molecule has 0 unspecified atom stereocenters. The summed E-state index contributed by atoms with van der Waals surface area (Å²) in [6, 6.07) is 14.9. The summed E-state index contributed by atoms with van der Waals surface area (Å²) >= 11 is 1.33. The van der Waals surface area contributed by atoms with Crippen LogP contribution in [-0.4, -0.2) is 42.8 Å². The fourth-order valence-electron chi connectivity index (χ4n) is 3.40. The summed E-state index contributed by atoms with van der Waals surface area (Å²) in [5.74, 6) is 0.762. The summed E-state index contributed by atoms with van der Waals surface area (Å²) in [5, 5.41) is 12.3. The Morgan fingerprint density at radius 2 is 1.71 bits per heavy atom. The molecule has 1 aliphatic rings. The highest BCUT2D eigenvalue weighted by Gasteiger charge is 2.35. The first-order valence-corrected chi connectivity index (χ1v) is 10.6. The van der Waals surface area contributed by atoms with Gasteiger partial charge in [-0.05, 0) is 42.0 Å². The molecule has 0 aliphatic carbocycles. The van der Waals surface area contributed by atoms with E-state index in [0.29, 0.717) is 23.8 Å². The van der Waals surface area contributed by atoms with Crippen molar-refractivity contribution in [1.82, 2.24) is 10.2 Å². The largest absolute Gasteiger partial charge is 0.497 e. The Labute approximate surface area is 183 Å². The first kappa shape index (κ1) is 20.8. The summed E-state index contributed by atoms with van der Waals surface area (Å²) in [4.78, 5) is 26.7. The molecule has 3 aromatic rings. The highest BCUT2D eigenvalue weighted by Crippen LogP contribution is 2.28. The average molecular weight is 439 g/mol. The fourth-order valence-corrected chi connectivity index (χ4v) is 4.17. The Bertz CT molecular complexity index is 1070. The van der Waals surface area contributed by atoms with Gasteiger partial charge in [-0.1, -0.05) is 23.5 Å². The Balaban J connectivity index is 1.35. The molecule has 31 heavy (non-hydrogen) atoms. The third-order valence-electron chi connectivity index (χ3n) is 5.09. The smallest absolute Gasteiger partial charge is 0.231 e. The van der Waals surface area contributed by atoms with Crippen molar-refractivity contribution in [1.29, 1.82) is 0 Å². The number of carbonyl (C=O) groups is 2. The van der Waals surface area contributed by atoms with Gasteiger partial charge in [0.05, 0.1) is 20.1 Å². The number of hydrogen-bond donors (Lipinski definition) is 1. The van der Waals surface area contributed by atoms with E-state index >= 15 is 0 Å². The van der Waals surface area contributed by atoms with Crippen molar-refractivity contribution in [3.8, 4) is 11.5 Å². The van der Waals surface area contributed by atoms with Crippen molar-refractivity contribution in [2.24, 2.45) is 5.92 Å². The highest BCUT2D eigenvalue weighted by molar-refractivity contribution is 7.15. The SMILES string of the molecule is COc1ccc(Cc2nnc(NC(=O)[C@H]3CC(=O)N(c4ccc(OC)cc4)C3)s2)cc1. The highest BCUT2D eigenvalue weighted by atomic mass is 32.1. The molecular weight excluding hydrogens is 416 g/mol. The molecule has 0 saturated carbocycles. The zero-order chi connectivity index (χ0) is 21.8. The Morgan fingerprint density at radius 3 is 2.35 bits per heavy atom. The van der Waals surface area contributed by atoms with Crippen LogP contribution in [0, 0.1) is 5.92 Å². The molecule has 2 heterocycles. The minimum Gasteiger partial charge on any atom is -0.497 e. The van der Waals surface area contributed by atoms with Gasteiger partial charge < -0.3 is 19.7 Å². The van der Waals surface area contributed by atoms with E-state index in [1.54, 1.807) is 31.3 Å². The molecule has 4 rings (SSSR count). The molecule has 1 fully saturated rings. The number of benzene rings is 2. The molecule has 1 aromatic heterocycles. The van der Waals surface area contributed by atoms with Crippen LogP contribution in [0.25, 0.3) is 0 Å². The number of ether oxygens (including phenoxy) is 2. The van der Waals surface area contributed by atoms with Crippen molar-refractivity contribution in [2.75, 3.05) is 31.0 Å². The van der Waals surface area contributed by atoms with Crippen LogP contribution in [0.2, 0.25) is 0 Å². The second-order valence-electron chi connectivity index (χ2n) is 7.12. The second kappa shape index (κ2) is 9.13. The first-order chi connectivity index (χ1) is 15.1. The lowest BCUT2D eigenvalue weighted by Gasteiger charge is -2.16. The first-order valence-electron chi connectivity index (χ1n) is 9.76.